The van der Waals surface area contributed by atoms with Crippen molar-refractivity contribution in [3.8, 4) is 5.75 Å². The average Bonchev–Trinajstić information content (AvgIpc) is 3.31. The van der Waals surface area contributed by atoms with E-state index in [1.54, 1.807) is 35.2 Å². The average molecular weight is 520 g/mol. The quantitative estimate of drug-likeness (QED) is 0.515. The molecule has 7 nitrogen and oxygen atoms in total. The van der Waals surface area contributed by atoms with Crippen molar-refractivity contribution >= 4 is 29.0 Å². The molecule has 190 valence electrons. The molecular formula is C25H25ClF3N5O2. The third-order valence-corrected chi connectivity index (χ3v) is 6.90. The fraction of sp³-hybridized carbons (Fsp3) is 0.360. The molecule has 0 aliphatic carbocycles. The van der Waals surface area contributed by atoms with E-state index in [1.165, 1.54) is 13.2 Å². The van der Waals surface area contributed by atoms with Crippen molar-refractivity contribution < 1.29 is 22.7 Å². The number of rotatable bonds is 4. The Labute approximate surface area is 211 Å². The molecular weight excluding hydrogens is 495 g/mol. The van der Waals surface area contributed by atoms with Crippen LogP contribution in [0.15, 0.2) is 54.6 Å². The molecule has 1 N–H and O–H groups in total. The highest BCUT2D eigenvalue weighted by atomic mass is 35.5. The molecule has 0 spiro atoms. The van der Waals surface area contributed by atoms with Gasteiger partial charge >= 0.3 is 6.18 Å². The van der Waals surface area contributed by atoms with E-state index in [1.807, 2.05) is 18.2 Å². The molecule has 11 heteroatoms. The van der Waals surface area contributed by atoms with Gasteiger partial charge < -0.3 is 19.9 Å². The van der Waals surface area contributed by atoms with Crippen molar-refractivity contribution in [2.75, 3.05) is 43.5 Å². The molecule has 36 heavy (non-hydrogen) atoms. The monoisotopic (exact) mass is 519 g/mol. The second-order valence-corrected chi connectivity index (χ2v) is 9.32. The van der Waals surface area contributed by atoms with Crippen molar-refractivity contribution in [3.63, 3.8) is 0 Å². The Bertz CT molecular complexity index is 1240. The lowest BCUT2D eigenvalue weighted by molar-refractivity contribution is -0.173. The maximum atomic E-state index is 14.0. The molecule has 3 heterocycles. The van der Waals surface area contributed by atoms with Gasteiger partial charge in [-0.2, -0.15) is 18.3 Å². The van der Waals surface area contributed by atoms with Gasteiger partial charge in [-0.15, -0.1) is 0 Å². The van der Waals surface area contributed by atoms with E-state index in [0.717, 1.165) is 10.4 Å². The summed E-state index contributed by atoms with van der Waals surface area (Å²) in [5.41, 5.74) is 1.66. The molecule has 2 aliphatic heterocycles. The van der Waals surface area contributed by atoms with Crippen molar-refractivity contribution in [2.24, 2.45) is 0 Å². The normalized spacial score (nSPS) is 20.0. The van der Waals surface area contributed by atoms with Crippen molar-refractivity contribution in [3.05, 3.63) is 70.9 Å². The third-order valence-electron chi connectivity index (χ3n) is 6.67. The van der Waals surface area contributed by atoms with Crippen LogP contribution in [0.3, 0.4) is 0 Å². The smallest absolute Gasteiger partial charge is 0.410 e. The molecule has 1 aromatic heterocycles. The Morgan fingerprint density at radius 1 is 1.08 bits per heavy atom. The van der Waals surface area contributed by atoms with Gasteiger partial charge in [-0.3, -0.25) is 4.79 Å². The number of halogens is 4. The number of methoxy groups -OCH3 is 1. The van der Waals surface area contributed by atoms with Gasteiger partial charge in [-0.25, -0.2) is 4.68 Å². The molecule has 3 aromatic rings. The number of carbonyl (C=O) groups excluding carboxylic acids is 1. The van der Waals surface area contributed by atoms with Crippen LogP contribution in [0.2, 0.25) is 5.02 Å². The number of hydrogen-bond donors (Lipinski definition) is 1. The Morgan fingerprint density at radius 3 is 2.44 bits per heavy atom. The highest BCUT2D eigenvalue weighted by Crippen LogP contribution is 2.44. The lowest BCUT2D eigenvalue weighted by atomic mass is 9.97. The van der Waals surface area contributed by atoms with Crippen LogP contribution in [0.5, 0.6) is 5.75 Å². The van der Waals surface area contributed by atoms with Gasteiger partial charge in [-0.05, 0) is 35.9 Å². The van der Waals surface area contributed by atoms with E-state index in [9.17, 15) is 18.0 Å². The van der Waals surface area contributed by atoms with Gasteiger partial charge in [0.1, 0.15) is 11.6 Å². The zero-order valence-corrected chi connectivity index (χ0v) is 20.3. The number of nitrogens with zero attached hydrogens (tertiary/aromatic N) is 4. The number of benzene rings is 2. The Hall–Kier alpha value is -3.40. The topological polar surface area (TPSA) is 62.6 Å². The molecule has 1 fully saturated rings. The molecule has 2 unspecified atom stereocenters. The molecule has 0 bridgehead atoms. The summed E-state index contributed by atoms with van der Waals surface area (Å²) in [5, 5.41) is 7.88. The number of hydrogen-bond acceptors (Lipinski definition) is 5. The minimum Gasteiger partial charge on any atom is -0.497 e. The number of nitrogens with one attached hydrogen (secondary N) is 1. The number of aromatic nitrogens is 2. The second kappa shape index (κ2) is 9.57. The second-order valence-electron chi connectivity index (χ2n) is 8.88. The third kappa shape index (κ3) is 4.82. The summed E-state index contributed by atoms with van der Waals surface area (Å²) >= 11 is 6.09. The van der Waals surface area contributed by atoms with Crippen LogP contribution in [-0.4, -0.2) is 60.1 Å². The number of anilines is 2. The maximum absolute atomic E-state index is 14.0. The molecule has 5 rings (SSSR count). The highest BCUT2D eigenvalue weighted by molar-refractivity contribution is 6.30. The molecule has 2 atom stereocenters. The van der Waals surface area contributed by atoms with Gasteiger partial charge in [0.15, 0.2) is 11.7 Å². The predicted molar refractivity (Wildman–Crippen MR) is 131 cm³/mol. The maximum Gasteiger partial charge on any atom is 0.410 e. The largest absolute Gasteiger partial charge is 0.497 e. The fourth-order valence-electron chi connectivity index (χ4n) is 4.74. The summed E-state index contributed by atoms with van der Waals surface area (Å²) in [6.07, 6.45) is -4.76. The standard InChI is InChI=1S/C25H25ClF3N5O2/c1-36-19-7-5-16(6-8-19)20-14-22(25(27,28)29)34-23(30-20)15-21(31-34)24(35)33-11-9-32(10-12-33)18-4-2-3-17(26)13-18/h2-8,13,15,20,22,30H,9-12,14H2,1H3. The Morgan fingerprint density at radius 2 is 1.81 bits per heavy atom. The summed E-state index contributed by atoms with van der Waals surface area (Å²) in [6.45, 7) is 2.03. The van der Waals surface area contributed by atoms with Gasteiger partial charge in [0, 0.05) is 49.4 Å². The van der Waals surface area contributed by atoms with Crippen LogP contribution >= 0.6 is 11.6 Å². The van der Waals surface area contributed by atoms with Gasteiger partial charge in [-0.1, -0.05) is 29.8 Å². The van der Waals surface area contributed by atoms with Crippen LogP contribution in [-0.2, 0) is 0 Å². The first-order valence-corrected chi connectivity index (χ1v) is 12.0. The van der Waals surface area contributed by atoms with E-state index in [2.05, 4.69) is 15.3 Å². The number of ether oxygens (including phenoxy) is 1. The molecule has 2 aromatic carbocycles. The first-order valence-electron chi connectivity index (χ1n) is 11.6. The van der Waals surface area contributed by atoms with Crippen LogP contribution < -0.4 is 15.0 Å². The van der Waals surface area contributed by atoms with E-state index >= 15 is 0 Å². The Balaban J connectivity index is 1.34. The van der Waals surface area contributed by atoms with E-state index in [4.69, 9.17) is 16.3 Å². The zero-order chi connectivity index (χ0) is 25.4. The first-order chi connectivity index (χ1) is 17.2. The number of carbonyl (C=O) groups is 1. The SMILES string of the molecule is COc1ccc(C2CC(C(F)(F)F)n3nc(C(=O)N4CCN(c5cccc(Cl)c5)CC4)cc3N2)cc1. The summed E-state index contributed by atoms with van der Waals surface area (Å²) in [7, 11) is 1.53. The summed E-state index contributed by atoms with van der Waals surface area (Å²) in [5.74, 6) is 0.409. The molecule has 2 aliphatic rings. The summed E-state index contributed by atoms with van der Waals surface area (Å²) < 4.78 is 48.1. The van der Waals surface area contributed by atoms with Crippen LogP contribution in [0.25, 0.3) is 0 Å². The van der Waals surface area contributed by atoms with Crippen molar-refractivity contribution in [2.45, 2.75) is 24.7 Å². The van der Waals surface area contributed by atoms with Crippen molar-refractivity contribution in [1.29, 1.82) is 0 Å². The number of fused-ring (bicyclic) bond motifs is 1. The molecule has 0 radical (unpaired) electrons. The molecule has 1 amide bonds. The van der Waals surface area contributed by atoms with E-state index in [-0.39, 0.29) is 23.8 Å². The number of amides is 1. The number of alkyl halides is 3. The molecule has 1 saturated heterocycles. The lowest BCUT2D eigenvalue weighted by Crippen LogP contribution is -2.49. The molecule has 0 saturated carbocycles. The number of piperazine rings is 1. The van der Waals surface area contributed by atoms with Crippen LogP contribution in [0, 0.1) is 0 Å². The van der Waals surface area contributed by atoms with Gasteiger partial charge in [0.25, 0.3) is 5.91 Å². The Kier molecular flexibility index (Phi) is 6.46. The zero-order valence-electron chi connectivity index (χ0n) is 19.5. The summed E-state index contributed by atoms with van der Waals surface area (Å²) in [6, 6.07) is 13.4. The van der Waals surface area contributed by atoms with Crippen LogP contribution in [0.1, 0.15) is 34.6 Å². The first kappa shape index (κ1) is 24.3. The van der Waals surface area contributed by atoms with E-state index in [0.29, 0.717) is 42.5 Å². The lowest BCUT2D eigenvalue weighted by Gasteiger charge is -2.35. The summed E-state index contributed by atoms with van der Waals surface area (Å²) in [4.78, 5) is 16.9. The van der Waals surface area contributed by atoms with E-state index < -0.39 is 18.3 Å². The van der Waals surface area contributed by atoms with Gasteiger partial charge in [0.2, 0.25) is 0 Å². The predicted octanol–water partition coefficient (Wildman–Crippen LogP) is 5.17. The highest BCUT2D eigenvalue weighted by Gasteiger charge is 2.47. The minimum atomic E-state index is -4.52. The van der Waals surface area contributed by atoms with Crippen LogP contribution in [0.4, 0.5) is 24.7 Å². The van der Waals surface area contributed by atoms with Crippen molar-refractivity contribution in [1.82, 2.24) is 14.7 Å². The van der Waals surface area contributed by atoms with Gasteiger partial charge in [0.05, 0.1) is 13.2 Å². The fourth-order valence-corrected chi connectivity index (χ4v) is 4.92. The minimum absolute atomic E-state index is 0.00154.